The molecule has 8 heteroatoms. The third-order valence-corrected chi connectivity index (χ3v) is 3.73. The Morgan fingerprint density at radius 3 is 2.53 bits per heavy atom. The minimum Gasteiger partial charge on any atom is -0.487 e. The summed E-state index contributed by atoms with van der Waals surface area (Å²) in [6, 6.07) is 4.05. The molecule has 1 aliphatic heterocycles. The monoisotopic (exact) mass is 295 g/mol. The van der Waals surface area contributed by atoms with E-state index in [0.29, 0.717) is 17.7 Å². The van der Waals surface area contributed by atoms with E-state index in [0.717, 1.165) is 0 Å². The first-order valence-electron chi connectivity index (χ1n) is 5.41. The third-order valence-electron chi connectivity index (χ3n) is 2.62. The van der Waals surface area contributed by atoms with E-state index in [1.54, 1.807) is 0 Å². The quantitative estimate of drug-likeness (QED) is 0.912. The SMILES string of the molecule is CC1(C)Cc2cc(NS(=O)(=O)C(F)(F)F)ccc2O1. The molecule has 1 aromatic rings. The number of hydrogen-bond donors (Lipinski definition) is 1. The summed E-state index contributed by atoms with van der Waals surface area (Å²) in [5.74, 6) is 0.556. The van der Waals surface area contributed by atoms with Crippen LogP contribution < -0.4 is 9.46 Å². The number of alkyl halides is 3. The highest BCUT2D eigenvalue weighted by molar-refractivity contribution is 7.93. The average Bonchev–Trinajstić information content (AvgIpc) is 2.48. The summed E-state index contributed by atoms with van der Waals surface area (Å²) in [5.41, 5.74) is -5.23. The van der Waals surface area contributed by atoms with Crippen LogP contribution in [-0.4, -0.2) is 19.5 Å². The highest BCUT2D eigenvalue weighted by Gasteiger charge is 2.46. The standard InChI is InChI=1S/C11H12F3NO3S/c1-10(2)6-7-5-8(3-4-9(7)18-10)15-19(16,17)11(12,13)14/h3-5,15H,6H2,1-2H3. The normalized spacial score (nSPS) is 17.7. The van der Waals surface area contributed by atoms with Crippen LogP contribution in [0.15, 0.2) is 18.2 Å². The lowest BCUT2D eigenvalue weighted by Gasteiger charge is -2.16. The molecule has 0 saturated carbocycles. The molecule has 0 aromatic heterocycles. The lowest BCUT2D eigenvalue weighted by molar-refractivity contribution is -0.0429. The highest BCUT2D eigenvalue weighted by atomic mass is 32.2. The first kappa shape index (κ1) is 14.0. The van der Waals surface area contributed by atoms with Crippen LogP contribution >= 0.6 is 0 Å². The molecule has 0 amide bonds. The van der Waals surface area contributed by atoms with Crippen LogP contribution in [0.4, 0.5) is 18.9 Å². The predicted molar refractivity (Wildman–Crippen MR) is 63.5 cm³/mol. The van der Waals surface area contributed by atoms with Gasteiger partial charge in [-0.3, -0.25) is 4.72 Å². The Morgan fingerprint density at radius 2 is 1.95 bits per heavy atom. The van der Waals surface area contributed by atoms with E-state index < -0.39 is 21.1 Å². The second kappa shape index (κ2) is 4.03. The number of halogens is 3. The van der Waals surface area contributed by atoms with Crippen LogP contribution in [0.5, 0.6) is 5.75 Å². The highest BCUT2D eigenvalue weighted by Crippen LogP contribution is 2.37. The van der Waals surface area contributed by atoms with Crippen molar-refractivity contribution < 1.29 is 26.3 Å². The van der Waals surface area contributed by atoms with Crippen LogP contribution in [0.2, 0.25) is 0 Å². The lowest BCUT2D eigenvalue weighted by atomic mass is 10.0. The molecule has 1 N–H and O–H groups in total. The Balaban J connectivity index is 2.27. The molecule has 0 bridgehead atoms. The Bertz CT molecular complexity index is 608. The van der Waals surface area contributed by atoms with Crippen molar-refractivity contribution in [3.8, 4) is 5.75 Å². The van der Waals surface area contributed by atoms with Crippen molar-refractivity contribution in [2.24, 2.45) is 0 Å². The molecule has 0 saturated heterocycles. The van der Waals surface area contributed by atoms with Crippen molar-refractivity contribution >= 4 is 15.7 Å². The third kappa shape index (κ3) is 2.78. The number of ether oxygens (including phenoxy) is 1. The van der Waals surface area contributed by atoms with E-state index in [1.807, 2.05) is 13.8 Å². The maximum atomic E-state index is 12.2. The van der Waals surface area contributed by atoms with Crippen LogP contribution in [-0.2, 0) is 16.4 Å². The molecule has 1 aromatic carbocycles. The lowest BCUT2D eigenvalue weighted by Crippen LogP contribution is -2.29. The van der Waals surface area contributed by atoms with Crippen molar-refractivity contribution in [1.82, 2.24) is 0 Å². The summed E-state index contributed by atoms with van der Waals surface area (Å²) in [4.78, 5) is 0. The van der Waals surface area contributed by atoms with E-state index in [-0.39, 0.29) is 5.69 Å². The molecule has 4 nitrogen and oxygen atoms in total. The van der Waals surface area contributed by atoms with Crippen molar-refractivity contribution in [3.63, 3.8) is 0 Å². The van der Waals surface area contributed by atoms with Crippen molar-refractivity contribution in [2.75, 3.05) is 4.72 Å². The minimum absolute atomic E-state index is 0.127. The van der Waals surface area contributed by atoms with Gasteiger partial charge in [-0.1, -0.05) is 0 Å². The number of fused-ring (bicyclic) bond motifs is 1. The Hall–Kier alpha value is -1.44. The molecule has 2 rings (SSSR count). The number of nitrogens with one attached hydrogen (secondary N) is 1. The van der Waals surface area contributed by atoms with Crippen LogP contribution in [0.25, 0.3) is 0 Å². The molecule has 0 unspecified atom stereocenters. The van der Waals surface area contributed by atoms with E-state index in [1.165, 1.54) is 22.9 Å². The summed E-state index contributed by atoms with van der Waals surface area (Å²) < 4.78 is 65.7. The number of anilines is 1. The van der Waals surface area contributed by atoms with E-state index in [4.69, 9.17) is 4.74 Å². The Labute approximate surface area is 108 Å². The first-order chi connectivity index (χ1) is 8.50. The van der Waals surface area contributed by atoms with Crippen LogP contribution in [0.1, 0.15) is 19.4 Å². The molecular formula is C11H12F3NO3S. The van der Waals surface area contributed by atoms with Gasteiger partial charge >= 0.3 is 15.5 Å². The zero-order valence-electron chi connectivity index (χ0n) is 10.2. The van der Waals surface area contributed by atoms with Gasteiger partial charge in [0.05, 0.1) is 0 Å². The van der Waals surface area contributed by atoms with Gasteiger partial charge in [0.15, 0.2) is 0 Å². The molecule has 0 fully saturated rings. The largest absolute Gasteiger partial charge is 0.516 e. The zero-order chi connectivity index (χ0) is 14.5. The van der Waals surface area contributed by atoms with E-state index >= 15 is 0 Å². The smallest absolute Gasteiger partial charge is 0.487 e. The van der Waals surface area contributed by atoms with Gasteiger partial charge in [0, 0.05) is 17.7 Å². The molecule has 0 aliphatic carbocycles. The van der Waals surface area contributed by atoms with Crippen molar-refractivity contribution in [1.29, 1.82) is 0 Å². The molecule has 1 heterocycles. The first-order valence-corrected chi connectivity index (χ1v) is 6.90. The van der Waals surface area contributed by atoms with Gasteiger partial charge in [-0.05, 0) is 32.0 Å². The molecular weight excluding hydrogens is 283 g/mol. The molecule has 0 atom stereocenters. The number of benzene rings is 1. The van der Waals surface area contributed by atoms with Gasteiger partial charge < -0.3 is 4.74 Å². The van der Waals surface area contributed by atoms with Crippen molar-refractivity contribution in [3.05, 3.63) is 23.8 Å². The Morgan fingerprint density at radius 1 is 1.32 bits per heavy atom. The zero-order valence-corrected chi connectivity index (χ0v) is 11.0. The van der Waals surface area contributed by atoms with Gasteiger partial charge in [0.1, 0.15) is 11.4 Å². The van der Waals surface area contributed by atoms with Crippen LogP contribution in [0.3, 0.4) is 0 Å². The fourth-order valence-corrected chi connectivity index (χ4v) is 2.44. The predicted octanol–water partition coefficient (Wildman–Crippen LogP) is 2.66. The second-order valence-electron chi connectivity index (χ2n) is 4.91. The summed E-state index contributed by atoms with van der Waals surface area (Å²) in [6.07, 6.45) is 0.504. The summed E-state index contributed by atoms with van der Waals surface area (Å²) in [6.45, 7) is 3.68. The van der Waals surface area contributed by atoms with Gasteiger partial charge in [0.2, 0.25) is 0 Å². The minimum atomic E-state index is -5.39. The fourth-order valence-electron chi connectivity index (χ4n) is 1.89. The molecule has 19 heavy (non-hydrogen) atoms. The molecule has 0 spiro atoms. The van der Waals surface area contributed by atoms with Crippen molar-refractivity contribution in [2.45, 2.75) is 31.4 Å². The topological polar surface area (TPSA) is 55.4 Å². The maximum absolute atomic E-state index is 12.2. The van der Waals surface area contributed by atoms with Gasteiger partial charge in [-0.2, -0.15) is 21.6 Å². The molecule has 1 aliphatic rings. The van der Waals surface area contributed by atoms with Gasteiger partial charge in [-0.25, -0.2) is 0 Å². The summed E-state index contributed by atoms with van der Waals surface area (Å²) in [5, 5.41) is 0. The summed E-state index contributed by atoms with van der Waals surface area (Å²) in [7, 11) is -5.39. The van der Waals surface area contributed by atoms with E-state index in [2.05, 4.69) is 0 Å². The van der Waals surface area contributed by atoms with Crippen LogP contribution in [0, 0.1) is 0 Å². The van der Waals surface area contributed by atoms with Gasteiger partial charge in [-0.15, -0.1) is 0 Å². The molecule has 0 radical (unpaired) electrons. The van der Waals surface area contributed by atoms with Gasteiger partial charge in [0.25, 0.3) is 0 Å². The number of hydrogen-bond acceptors (Lipinski definition) is 3. The second-order valence-corrected chi connectivity index (χ2v) is 6.59. The fraction of sp³-hybridized carbons (Fsp3) is 0.455. The number of sulfonamides is 1. The average molecular weight is 295 g/mol. The maximum Gasteiger partial charge on any atom is 0.516 e. The molecule has 106 valence electrons. The number of rotatable bonds is 2. The van der Waals surface area contributed by atoms with E-state index in [9.17, 15) is 21.6 Å². The Kier molecular flexibility index (Phi) is 2.96. The summed E-state index contributed by atoms with van der Waals surface area (Å²) >= 11 is 0.